The zero-order chi connectivity index (χ0) is 16.0. The topological polar surface area (TPSA) is 40.5 Å². The summed E-state index contributed by atoms with van der Waals surface area (Å²) in [7, 11) is 0. The second kappa shape index (κ2) is 7.70. The van der Waals surface area contributed by atoms with Gasteiger partial charge in [0.2, 0.25) is 0 Å². The highest BCUT2D eigenvalue weighted by Crippen LogP contribution is 2.34. The lowest BCUT2D eigenvalue weighted by atomic mass is 10.1. The molecular weight excluding hydrogens is 303 g/mol. The molecule has 0 saturated carbocycles. The molecule has 1 aromatic rings. The molecule has 0 aromatic heterocycles. The van der Waals surface area contributed by atoms with Gasteiger partial charge in [0, 0.05) is 17.2 Å². The van der Waals surface area contributed by atoms with Gasteiger partial charge in [-0.15, -0.1) is 11.8 Å². The van der Waals surface area contributed by atoms with E-state index in [9.17, 15) is 18.0 Å². The van der Waals surface area contributed by atoms with Crippen LogP contribution in [0, 0.1) is 0 Å². The Morgan fingerprint density at radius 1 is 1.29 bits per heavy atom. The van der Waals surface area contributed by atoms with Crippen molar-refractivity contribution in [3.05, 3.63) is 29.3 Å². The highest BCUT2D eigenvalue weighted by molar-refractivity contribution is 7.99. The van der Waals surface area contributed by atoms with E-state index in [0.29, 0.717) is 10.6 Å². The van der Waals surface area contributed by atoms with Crippen molar-refractivity contribution in [2.24, 2.45) is 0 Å². The molecule has 0 spiro atoms. The maximum atomic E-state index is 12.9. The van der Waals surface area contributed by atoms with E-state index in [0.717, 1.165) is 31.8 Å². The Labute approximate surface area is 126 Å². The molecule has 118 valence electrons. The SMILES string of the molecule is CCN(CC)CCSc1ccc(C(=O)O)c(C(F)(F)F)c1. The molecule has 0 saturated heterocycles. The summed E-state index contributed by atoms with van der Waals surface area (Å²) >= 11 is 1.30. The lowest BCUT2D eigenvalue weighted by molar-refractivity contribution is -0.138. The van der Waals surface area contributed by atoms with E-state index in [1.165, 1.54) is 17.8 Å². The Hall–Kier alpha value is -1.21. The van der Waals surface area contributed by atoms with E-state index in [4.69, 9.17) is 5.11 Å². The normalized spacial score (nSPS) is 11.9. The minimum Gasteiger partial charge on any atom is -0.478 e. The number of hydrogen-bond donors (Lipinski definition) is 1. The first kappa shape index (κ1) is 17.8. The van der Waals surface area contributed by atoms with Crippen LogP contribution in [0.5, 0.6) is 0 Å². The maximum absolute atomic E-state index is 12.9. The Kier molecular flexibility index (Phi) is 6.54. The lowest BCUT2D eigenvalue weighted by Gasteiger charge is -2.17. The van der Waals surface area contributed by atoms with E-state index in [1.54, 1.807) is 0 Å². The molecule has 21 heavy (non-hydrogen) atoms. The van der Waals surface area contributed by atoms with Crippen LogP contribution in [0.1, 0.15) is 29.8 Å². The van der Waals surface area contributed by atoms with Gasteiger partial charge >= 0.3 is 12.1 Å². The lowest BCUT2D eigenvalue weighted by Crippen LogP contribution is -2.25. The molecule has 1 N–H and O–H groups in total. The van der Waals surface area contributed by atoms with Crippen molar-refractivity contribution >= 4 is 17.7 Å². The molecule has 0 radical (unpaired) electrons. The summed E-state index contributed by atoms with van der Waals surface area (Å²) in [4.78, 5) is 13.4. The minimum absolute atomic E-state index is 0.430. The van der Waals surface area contributed by atoms with Crippen LogP contribution in [0.3, 0.4) is 0 Å². The number of rotatable bonds is 7. The fraction of sp³-hybridized carbons (Fsp3) is 0.500. The largest absolute Gasteiger partial charge is 0.478 e. The molecule has 0 atom stereocenters. The van der Waals surface area contributed by atoms with E-state index < -0.39 is 23.3 Å². The van der Waals surface area contributed by atoms with Crippen molar-refractivity contribution in [1.82, 2.24) is 4.90 Å². The molecule has 0 bridgehead atoms. The molecular formula is C14H18F3NO2S. The predicted octanol–water partition coefficient (Wildman–Crippen LogP) is 3.84. The predicted molar refractivity (Wildman–Crippen MR) is 76.9 cm³/mol. The van der Waals surface area contributed by atoms with Crippen LogP contribution in [-0.2, 0) is 6.18 Å². The van der Waals surface area contributed by atoms with Gasteiger partial charge in [-0.1, -0.05) is 13.8 Å². The molecule has 1 aromatic carbocycles. The Balaban J connectivity index is 2.84. The molecule has 0 heterocycles. The molecule has 0 aliphatic rings. The van der Waals surface area contributed by atoms with Crippen molar-refractivity contribution in [3.8, 4) is 0 Å². The summed E-state index contributed by atoms with van der Waals surface area (Å²) in [6.45, 7) is 6.61. The number of halogens is 3. The van der Waals surface area contributed by atoms with E-state index >= 15 is 0 Å². The van der Waals surface area contributed by atoms with Gasteiger partial charge in [0.25, 0.3) is 0 Å². The minimum atomic E-state index is -4.66. The number of carbonyl (C=O) groups is 1. The zero-order valence-corrected chi connectivity index (χ0v) is 12.7. The first-order chi connectivity index (χ1) is 9.79. The number of alkyl halides is 3. The molecule has 0 fully saturated rings. The van der Waals surface area contributed by atoms with Crippen molar-refractivity contribution in [3.63, 3.8) is 0 Å². The smallest absolute Gasteiger partial charge is 0.417 e. The van der Waals surface area contributed by atoms with Crippen LogP contribution in [0.4, 0.5) is 13.2 Å². The summed E-state index contributed by atoms with van der Waals surface area (Å²) in [6.07, 6.45) is -4.66. The summed E-state index contributed by atoms with van der Waals surface area (Å²) in [5.41, 5.74) is -1.81. The number of benzene rings is 1. The highest BCUT2D eigenvalue weighted by Gasteiger charge is 2.35. The van der Waals surface area contributed by atoms with Crippen molar-refractivity contribution in [2.75, 3.05) is 25.4 Å². The number of carboxylic acids is 1. The molecule has 1 rings (SSSR count). The molecule has 7 heteroatoms. The van der Waals surface area contributed by atoms with Crippen LogP contribution < -0.4 is 0 Å². The van der Waals surface area contributed by atoms with Gasteiger partial charge < -0.3 is 10.0 Å². The van der Waals surface area contributed by atoms with Gasteiger partial charge in [0.15, 0.2) is 0 Å². The third-order valence-corrected chi connectivity index (χ3v) is 4.07. The third-order valence-electron chi connectivity index (χ3n) is 3.10. The van der Waals surface area contributed by atoms with Gasteiger partial charge in [-0.05, 0) is 31.3 Å². The second-order valence-electron chi connectivity index (χ2n) is 4.39. The molecule has 0 aliphatic heterocycles. The van der Waals surface area contributed by atoms with Crippen molar-refractivity contribution in [1.29, 1.82) is 0 Å². The summed E-state index contributed by atoms with van der Waals surface area (Å²) < 4.78 is 38.6. The van der Waals surface area contributed by atoms with Gasteiger partial charge in [0.05, 0.1) is 11.1 Å². The third kappa shape index (κ3) is 5.24. The van der Waals surface area contributed by atoms with Crippen LogP contribution >= 0.6 is 11.8 Å². The average Bonchev–Trinajstić information content (AvgIpc) is 2.42. The average molecular weight is 321 g/mol. The maximum Gasteiger partial charge on any atom is 0.417 e. The van der Waals surface area contributed by atoms with E-state index in [2.05, 4.69) is 4.90 Å². The number of carboxylic acid groups (broad SMARTS) is 1. The second-order valence-corrected chi connectivity index (χ2v) is 5.55. The highest BCUT2D eigenvalue weighted by atomic mass is 32.2. The van der Waals surface area contributed by atoms with Gasteiger partial charge in [-0.25, -0.2) is 4.79 Å². The molecule has 0 aliphatic carbocycles. The van der Waals surface area contributed by atoms with E-state index in [1.807, 2.05) is 13.8 Å². The Bertz CT molecular complexity index is 488. The standard InChI is InChI=1S/C14H18F3NO2S/c1-3-18(4-2)7-8-21-10-5-6-11(13(19)20)12(9-10)14(15,16)17/h5-6,9H,3-4,7-8H2,1-2H3,(H,19,20). The first-order valence-electron chi connectivity index (χ1n) is 6.59. The Morgan fingerprint density at radius 2 is 1.90 bits per heavy atom. The van der Waals surface area contributed by atoms with Crippen LogP contribution in [0.15, 0.2) is 23.1 Å². The number of thioether (sulfide) groups is 1. The van der Waals surface area contributed by atoms with Gasteiger partial charge in [0.1, 0.15) is 0 Å². The van der Waals surface area contributed by atoms with Gasteiger partial charge in [-0.2, -0.15) is 13.2 Å². The zero-order valence-electron chi connectivity index (χ0n) is 11.9. The summed E-state index contributed by atoms with van der Waals surface area (Å²) in [6, 6.07) is 3.35. The summed E-state index contributed by atoms with van der Waals surface area (Å²) in [5.74, 6) is -0.909. The van der Waals surface area contributed by atoms with Crippen LogP contribution in [0.2, 0.25) is 0 Å². The fourth-order valence-electron chi connectivity index (χ4n) is 1.87. The summed E-state index contributed by atoms with van der Waals surface area (Å²) in [5, 5.41) is 8.82. The Morgan fingerprint density at radius 3 is 2.38 bits per heavy atom. The monoisotopic (exact) mass is 321 g/mol. The number of nitrogens with zero attached hydrogens (tertiary/aromatic N) is 1. The van der Waals surface area contributed by atoms with Crippen molar-refractivity contribution < 1.29 is 23.1 Å². The molecule has 0 unspecified atom stereocenters. The van der Waals surface area contributed by atoms with Crippen molar-refractivity contribution in [2.45, 2.75) is 24.9 Å². The van der Waals surface area contributed by atoms with Crippen LogP contribution in [0.25, 0.3) is 0 Å². The molecule has 3 nitrogen and oxygen atoms in total. The van der Waals surface area contributed by atoms with E-state index in [-0.39, 0.29) is 0 Å². The first-order valence-corrected chi connectivity index (χ1v) is 7.57. The van der Waals surface area contributed by atoms with Gasteiger partial charge in [-0.3, -0.25) is 0 Å². The molecule has 0 amide bonds. The quantitative estimate of drug-likeness (QED) is 0.775. The fourth-order valence-corrected chi connectivity index (χ4v) is 2.82. The number of aromatic carboxylic acids is 1. The van der Waals surface area contributed by atoms with Crippen LogP contribution in [-0.4, -0.2) is 41.4 Å². The number of hydrogen-bond acceptors (Lipinski definition) is 3.